The number of aliphatic hydroxyl groups excluding tert-OH is 2. The van der Waals surface area contributed by atoms with Crippen LogP contribution in [-0.2, 0) is 0 Å². The van der Waals surface area contributed by atoms with Crippen LogP contribution in [0.4, 0.5) is 0 Å². The molecule has 1 unspecified atom stereocenters. The second-order valence-electron chi connectivity index (χ2n) is 4.12. The third kappa shape index (κ3) is 4.23. The van der Waals surface area contributed by atoms with E-state index >= 15 is 0 Å². The van der Waals surface area contributed by atoms with Crippen LogP contribution in [0, 0.1) is 0 Å². The molecule has 0 aliphatic rings. The minimum absolute atomic E-state index is 0.115. The van der Waals surface area contributed by atoms with E-state index in [0.717, 1.165) is 0 Å². The first-order chi connectivity index (χ1) is 5.54. The van der Waals surface area contributed by atoms with Gasteiger partial charge in [-0.2, -0.15) is 0 Å². The Bertz CT molecular complexity index is 115. The van der Waals surface area contributed by atoms with E-state index in [2.05, 4.69) is 20.0 Å². The number of hydrogen-bond acceptors (Lipinski definition) is 2. The minimum Gasteiger partial charge on any atom is -0.396 e. The van der Waals surface area contributed by atoms with E-state index in [-0.39, 0.29) is 12.3 Å². The van der Waals surface area contributed by atoms with E-state index in [1.807, 2.05) is 0 Å². The fourth-order valence-electron chi connectivity index (χ4n) is 1.31. The van der Waals surface area contributed by atoms with Crippen LogP contribution < -0.4 is 0 Å². The molecule has 0 heterocycles. The van der Waals surface area contributed by atoms with Gasteiger partial charge in [-0.1, -0.05) is 38.9 Å². The molecular weight excluding hydrogens is 168 g/mol. The van der Waals surface area contributed by atoms with Crippen molar-refractivity contribution in [1.82, 2.24) is 0 Å². The van der Waals surface area contributed by atoms with E-state index in [4.69, 9.17) is 5.11 Å². The van der Waals surface area contributed by atoms with Crippen molar-refractivity contribution in [3.05, 3.63) is 0 Å². The molecule has 0 radical (unpaired) electrons. The normalized spacial score (nSPS) is 14.8. The van der Waals surface area contributed by atoms with Crippen molar-refractivity contribution in [3.63, 3.8) is 0 Å². The number of aliphatic hydroxyl groups is 2. The van der Waals surface area contributed by atoms with Gasteiger partial charge >= 0.3 is 0 Å². The Hall–Kier alpha value is 0.137. The topological polar surface area (TPSA) is 40.5 Å². The highest BCUT2D eigenvalue weighted by Crippen LogP contribution is 2.19. The van der Waals surface area contributed by atoms with Gasteiger partial charge in [0.25, 0.3) is 0 Å². The average molecular weight is 190 g/mol. The molecule has 0 saturated carbocycles. The van der Waals surface area contributed by atoms with Crippen molar-refractivity contribution in [2.24, 2.45) is 0 Å². The van der Waals surface area contributed by atoms with Gasteiger partial charge in [0.2, 0.25) is 0 Å². The predicted octanol–water partition coefficient (Wildman–Crippen LogP) is 1.78. The summed E-state index contributed by atoms with van der Waals surface area (Å²) in [5.41, 5.74) is -0.228. The Kier molecular flexibility index (Phi) is 5.79. The molecule has 0 saturated heterocycles. The van der Waals surface area contributed by atoms with E-state index in [1.54, 1.807) is 0 Å². The molecular formula is C9H22O2Si. The Morgan fingerprint density at radius 1 is 1.33 bits per heavy atom. The van der Waals surface area contributed by atoms with Crippen molar-refractivity contribution in [2.75, 3.05) is 6.61 Å². The smallest absolute Gasteiger partial charge is 0.0813 e. The van der Waals surface area contributed by atoms with E-state index in [1.165, 1.54) is 18.9 Å². The van der Waals surface area contributed by atoms with Crippen LogP contribution in [0.25, 0.3) is 0 Å². The van der Waals surface area contributed by atoms with Gasteiger partial charge in [-0.05, 0) is 6.42 Å². The summed E-state index contributed by atoms with van der Waals surface area (Å²) in [5.74, 6) is 0. The molecule has 0 amide bonds. The molecule has 2 nitrogen and oxygen atoms in total. The largest absolute Gasteiger partial charge is 0.396 e. The first kappa shape index (κ1) is 12.1. The second-order valence-corrected chi connectivity index (χ2v) is 9.26. The van der Waals surface area contributed by atoms with E-state index < -0.39 is 8.07 Å². The summed E-state index contributed by atoms with van der Waals surface area (Å²) in [4.78, 5) is 0. The lowest BCUT2D eigenvalue weighted by Crippen LogP contribution is -2.41. The van der Waals surface area contributed by atoms with E-state index in [0.29, 0.717) is 6.42 Å². The van der Waals surface area contributed by atoms with Crippen LogP contribution in [0.5, 0.6) is 0 Å². The fraction of sp³-hybridized carbons (Fsp3) is 1.00. The summed E-state index contributed by atoms with van der Waals surface area (Å²) < 4.78 is 0. The lowest BCUT2D eigenvalue weighted by Gasteiger charge is -2.27. The van der Waals surface area contributed by atoms with Gasteiger partial charge in [0, 0.05) is 12.3 Å². The van der Waals surface area contributed by atoms with Gasteiger partial charge in [0.1, 0.15) is 0 Å². The SMILES string of the molecule is CCCC[Si](C)(C)C(O)CCO. The molecule has 0 aliphatic heterocycles. The first-order valence-electron chi connectivity index (χ1n) is 4.83. The van der Waals surface area contributed by atoms with Gasteiger partial charge < -0.3 is 10.2 Å². The lowest BCUT2D eigenvalue weighted by molar-refractivity contribution is 0.184. The van der Waals surface area contributed by atoms with Gasteiger partial charge in [0.15, 0.2) is 0 Å². The summed E-state index contributed by atoms with van der Waals surface area (Å²) in [7, 11) is -1.45. The molecule has 0 spiro atoms. The molecule has 0 rings (SSSR count). The zero-order valence-electron chi connectivity index (χ0n) is 8.51. The monoisotopic (exact) mass is 190 g/mol. The van der Waals surface area contributed by atoms with Crippen LogP contribution in [0.15, 0.2) is 0 Å². The molecule has 1 atom stereocenters. The zero-order chi connectivity index (χ0) is 9.61. The van der Waals surface area contributed by atoms with Gasteiger partial charge in [-0.15, -0.1) is 0 Å². The molecule has 0 fully saturated rings. The molecule has 74 valence electrons. The average Bonchev–Trinajstić information content (AvgIpc) is 2.01. The predicted molar refractivity (Wildman–Crippen MR) is 54.9 cm³/mol. The standard InChI is InChI=1S/C9H22O2Si/c1-4-5-8-12(2,3)9(11)6-7-10/h9-11H,4-8H2,1-3H3. The first-order valence-corrected chi connectivity index (χ1v) is 8.12. The molecule has 2 N–H and O–H groups in total. The van der Waals surface area contributed by atoms with Crippen molar-refractivity contribution in [1.29, 1.82) is 0 Å². The molecule has 0 aliphatic carbocycles. The van der Waals surface area contributed by atoms with Crippen LogP contribution >= 0.6 is 0 Å². The third-order valence-corrected chi connectivity index (χ3v) is 6.21. The highest BCUT2D eigenvalue weighted by molar-refractivity contribution is 6.78. The Morgan fingerprint density at radius 2 is 1.92 bits per heavy atom. The van der Waals surface area contributed by atoms with Gasteiger partial charge in [-0.25, -0.2) is 0 Å². The van der Waals surface area contributed by atoms with Gasteiger partial charge in [-0.3, -0.25) is 0 Å². The number of hydrogen-bond donors (Lipinski definition) is 2. The lowest BCUT2D eigenvalue weighted by atomic mass is 10.4. The highest BCUT2D eigenvalue weighted by atomic mass is 28.3. The summed E-state index contributed by atoms with van der Waals surface area (Å²) in [5, 5.41) is 18.4. The van der Waals surface area contributed by atoms with Crippen molar-refractivity contribution >= 4 is 8.07 Å². The quantitative estimate of drug-likeness (QED) is 0.627. The van der Waals surface area contributed by atoms with E-state index in [9.17, 15) is 5.11 Å². The highest BCUT2D eigenvalue weighted by Gasteiger charge is 2.28. The maximum absolute atomic E-state index is 9.71. The third-order valence-electron chi connectivity index (χ3n) is 2.48. The van der Waals surface area contributed by atoms with Crippen molar-refractivity contribution in [2.45, 2.75) is 51.1 Å². The Morgan fingerprint density at radius 3 is 2.33 bits per heavy atom. The molecule has 3 heteroatoms. The Balaban J connectivity index is 3.81. The molecule has 0 bridgehead atoms. The van der Waals surface area contributed by atoms with Gasteiger partial charge in [0.05, 0.1) is 8.07 Å². The van der Waals surface area contributed by atoms with Crippen molar-refractivity contribution < 1.29 is 10.2 Å². The molecule has 0 aromatic heterocycles. The zero-order valence-corrected chi connectivity index (χ0v) is 9.51. The summed E-state index contributed by atoms with van der Waals surface area (Å²) in [6.07, 6.45) is 2.97. The number of unbranched alkanes of at least 4 members (excludes halogenated alkanes) is 1. The Labute approximate surface area is 76.6 Å². The molecule has 0 aromatic rings. The maximum Gasteiger partial charge on any atom is 0.0813 e. The van der Waals surface area contributed by atoms with Crippen LogP contribution in [0.3, 0.4) is 0 Å². The molecule has 12 heavy (non-hydrogen) atoms. The summed E-state index contributed by atoms with van der Waals surface area (Å²) in [6.45, 7) is 6.68. The molecule has 0 aromatic carbocycles. The van der Waals surface area contributed by atoms with Crippen molar-refractivity contribution in [3.8, 4) is 0 Å². The minimum atomic E-state index is -1.45. The van der Waals surface area contributed by atoms with Crippen LogP contribution in [0.1, 0.15) is 26.2 Å². The second kappa shape index (κ2) is 5.73. The summed E-state index contributed by atoms with van der Waals surface area (Å²) >= 11 is 0. The van der Waals surface area contributed by atoms with Crippen LogP contribution in [-0.4, -0.2) is 30.6 Å². The fourth-order valence-corrected chi connectivity index (χ4v) is 3.82. The number of rotatable bonds is 6. The van der Waals surface area contributed by atoms with Crippen LogP contribution in [0.2, 0.25) is 19.1 Å². The summed E-state index contributed by atoms with van der Waals surface area (Å²) in [6, 6.07) is 1.17. The maximum atomic E-state index is 9.71.